The van der Waals surface area contributed by atoms with Crippen molar-refractivity contribution >= 4 is 5.78 Å². The molecule has 0 radical (unpaired) electrons. The largest absolute Gasteiger partial charge is 0.508 e. The van der Waals surface area contributed by atoms with Crippen LogP contribution in [0.25, 0.3) is 0 Å². The second kappa shape index (κ2) is 3.90. The Bertz CT molecular complexity index is 387. The third-order valence-electron chi connectivity index (χ3n) is 1.79. The van der Waals surface area contributed by atoms with Crippen molar-refractivity contribution < 1.29 is 23.1 Å². The minimum Gasteiger partial charge on any atom is -0.508 e. The molecule has 3 nitrogen and oxygen atoms in total. The van der Waals surface area contributed by atoms with Crippen molar-refractivity contribution in [2.45, 2.75) is 6.18 Å². The molecule has 0 saturated carbocycles. The number of phenolic OH excluding ortho intramolecular Hbond substituents is 1. The highest BCUT2D eigenvalue weighted by molar-refractivity contribution is 5.99. The maximum Gasteiger partial charge on any atom is 0.417 e. The lowest BCUT2D eigenvalue weighted by Crippen LogP contribution is -2.19. The quantitative estimate of drug-likeness (QED) is 0.742. The van der Waals surface area contributed by atoms with Crippen LogP contribution in [0.5, 0.6) is 5.75 Å². The summed E-state index contributed by atoms with van der Waals surface area (Å²) >= 11 is 0. The monoisotopic (exact) mass is 219 g/mol. The van der Waals surface area contributed by atoms with Gasteiger partial charge in [0.25, 0.3) is 0 Å². The number of Topliss-reactive ketones (excluding diaryl/α,β-unsaturated/α-hetero) is 1. The van der Waals surface area contributed by atoms with Crippen LogP contribution in [0.15, 0.2) is 18.2 Å². The average molecular weight is 219 g/mol. The van der Waals surface area contributed by atoms with E-state index in [1.54, 1.807) is 0 Å². The number of benzene rings is 1. The number of carbonyl (C=O) groups excluding carboxylic acids is 1. The summed E-state index contributed by atoms with van der Waals surface area (Å²) in [5.41, 5.74) is 3.28. The second-order valence-corrected chi connectivity index (χ2v) is 2.85. The van der Waals surface area contributed by atoms with Crippen molar-refractivity contribution in [1.82, 2.24) is 0 Å². The molecule has 0 unspecified atom stereocenters. The molecular weight excluding hydrogens is 211 g/mol. The SMILES string of the molecule is NCC(=O)c1ccc(O)cc1C(F)(F)F. The number of phenols is 1. The lowest BCUT2D eigenvalue weighted by atomic mass is 10.0. The molecule has 3 N–H and O–H groups in total. The molecule has 0 spiro atoms. The Morgan fingerprint density at radius 3 is 2.47 bits per heavy atom. The van der Waals surface area contributed by atoms with Gasteiger partial charge in [-0.25, -0.2) is 0 Å². The minimum atomic E-state index is -4.68. The summed E-state index contributed by atoms with van der Waals surface area (Å²) in [4.78, 5) is 11.1. The smallest absolute Gasteiger partial charge is 0.417 e. The van der Waals surface area contributed by atoms with Crippen molar-refractivity contribution in [3.05, 3.63) is 29.3 Å². The van der Waals surface area contributed by atoms with E-state index in [-0.39, 0.29) is 0 Å². The van der Waals surface area contributed by atoms with Crippen LogP contribution in [-0.2, 0) is 6.18 Å². The lowest BCUT2D eigenvalue weighted by Gasteiger charge is -2.11. The molecule has 82 valence electrons. The first-order valence-corrected chi connectivity index (χ1v) is 3.99. The van der Waals surface area contributed by atoms with Crippen molar-refractivity contribution in [3.8, 4) is 5.75 Å². The van der Waals surface area contributed by atoms with Gasteiger partial charge in [-0.3, -0.25) is 4.79 Å². The molecule has 0 atom stereocenters. The van der Waals surface area contributed by atoms with Crippen LogP contribution < -0.4 is 5.73 Å². The van der Waals surface area contributed by atoms with Gasteiger partial charge in [-0.1, -0.05) is 0 Å². The predicted octanol–water partition coefficient (Wildman–Crippen LogP) is 1.55. The van der Waals surface area contributed by atoms with Gasteiger partial charge in [0.05, 0.1) is 12.1 Å². The topological polar surface area (TPSA) is 63.3 Å². The molecule has 15 heavy (non-hydrogen) atoms. The normalized spacial score (nSPS) is 11.5. The maximum atomic E-state index is 12.4. The third-order valence-corrected chi connectivity index (χ3v) is 1.79. The van der Waals surface area contributed by atoms with Crippen molar-refractivity contribution in [1.29, 1.82) is 0 Å². The fraction of sp³-hybridized carbons (Fsp3) is 0.222. The summed E-state index contributed by atoms with van der Waals surface area (Å²) in [6.07, 6.45) is -4.68. The molecule has 0 fully saturated rings. The van der Waals surface area contributed by atoms with Gasteiger partial charge in [0, 0.05) is 5.56 Å². The van der Waals surface area contributed by atoms with Gasteiger partial charge in [-0.05, 0) is 18.2 Å². The Labute approximate surface area is 83.3 Å². The fourth-order valence-electron chi connectivity index (χ4n) is 1.12. The molecule has 0 amide bonds. The van der Waals surface area contributed by atoms with Crippen molar-refractivity contribution in [2.24, 2.45) is 5.73 Å². The van der Waals surface area contributed by atoms with E-state index in [1.807, 2.05) is 0 Å². The van der Waals surface area contributed by atoms with Crippen LogP contribution in [0, 0.1) is 0 Å². The highest BCUT2D eigenvalue weighted by atomic mass is 19.4. The summed E-state index contributed by atoms with van der Waals surface area (Å²) in [5, 5.41) is 8.91. The second-order valence-electron chi connectivity index (χ2n) is 2.85. The number of ketones is 1. The van der Waals surface area contributed by atoms with E-state index in [2.05, 4.69) is 0 Å². The van der Waals surface area contributed by atoms with E-state index in [0.717, 1.165) is 12.1 Å². The highest BCUT2D eigenvalue weighted by Crippen LogP contribution is 2.34. The maximum absolute atomic E-state index is 12.4. The third kappa shape index (κ3) is 2.47. The summed E-state index contributed by atoms with van der Waals surface area (Å²) in [6.45, 7) is -0.506. The summed E-state index contributed by atoms with van der Waals surface area (Å²) < 4.78 is 37.3. The van der Waals surface area contributed by atoms with Gasteiger partial charge in [0.2, 0.25) is 0 Å². The first-order chi connectivity index (χ1) is 6.86. The molecule has 1 rings (SSSR count). The first-order valence-electron chi connectivity index (χ1n) is 3.99. The van der Waals surface area contributed by atoms with Crippen molar-refractivity contribution in [3.63, 3.8) is 0 Å². The number of halogens is 3. The molecule has 0 aliphatic heterocycles. The van der Waals surface area contributed by atoms with E-state index < -0.39 is 35.4 Å². The van der Waals surface area contributed by atoms with Gasteiger partial charge in [0.15, 0.2) is 5.78 Å². The molecule has 0 saturated heterocycles. The highest BCUT2D eigenvalue weighted by Gasteiger charge is 2.35. The van der Waals surface area contributed by atoms with Gasteiger partial charge >= 0.3 is 6.18 Å². The predicted molar refractivity (Wildman–Crippen MR) is 46.5 cm³/mol. The molecular formula is C9H8F3NO2. The fourth-order valence-corrected chi connectivity index (χ4v) is 1.12. The van der Waals surface area contributed by atoms with E-state index in [4.69, 9.17) is 10.8 Å². The molecule has 6 heteroatoms. The van der Waals surface area contributed by atoms with Crippen LogP contribution in [0.4, 0.5) is 13.2 Å². The first kappa shape index (κ1) is 11.5. The number of alkyl halides is 3. The molecule has 1 aromatic carbocycles. The average Bonchev–Trinajstić information content (AvgIpc) is 2.15. The van der Waals surface area contributed by atoms with Gasteiger partial charge in [-0.2, -0.15) is 13.2 Å². The molecule has 0 aliphatic rings. The van der Waals surface area contributed by atoms with Gasteiger partial charge < -0.3 is 10.8 Å². The van der Waals surface area contributed by atoms with Crippen LogP contribution in [0.3, 0.4) is 0 Å². The summed E-state index contributed by atoms with van der Waals surface area (Å²) in [5.74, 6) is -1.36. The van der Waals surface area contributed by atoms with Crippen molar-refractivity contribution in [2.75, 3.05) is 6.54 Å². The number of rotatable bonds is 2. The molecule has 0 heterocycles. The zero-order valence-electron chi connectivity index (χ0n) is 7.51. The molecule has 0 aromatic heterocycles. The zero-order valence-corrected chi connectivity index (χ0v) is 7.51. The Kier molecular flexibility index (Phi) is 2.99. The Balaban J connectivity index is 3.33. The summed E-state index contributed by atoms with van der Waals surface area (Å²) in [7, 11) is 0. The molecule has 1 aromatic rings. The van der Waals surface area contributed by atoms with E-state index >= 15 is 0 Å². The van der Waals surface area contributed by atoms with E-state index in [9.17, 15) is 18.0 Å². The minimum absolute atomic E-state index is 0.503. The number of hydrogen-bond acceptors (Lipinski definition) is 3. The molecule has 0 aliphatic carbocycles. The standard InChI is InChI=1S/C9H8F3NO2/c10-9(11,12)7-3-5(14)1-2-6(7)8(15)4-13/h1-3,14H,4,13H2. The Morgan fingerprint density at radius 2 is 2.00 bits per heavy atom. The van der Waals surface area contributed by atoms with Crippen LogP contribution in [0.1, 0.15) is 15.9 Å². The van der Waals surface area contributed by atoms with Crippen LogP contribution in [-0.4, -0.2) is 17.4 Å². The summed E-state index contributed by atoms with van der Waals surface area (Å²) in [6, 6.07) is 2.42. The van der Waals surface area contributed by atoms with E-state index in [1.165, 1.54) is 0 Å². The zero-order chi connectivity index (χ0) is 11.6. The number of aromatic hydroxyl groups is 1. The Morgan fingerprint density at radius 1 is 1.40 bits per heavy atom. The van der Waals surface area contributed by atoms with Crippen LogP contribution in [0.2, 0.25) is 0 Å². The Hall–Kier alpha value is -1.56. The number of carbonyl (C=O) groups is 1. The number of hydrogen-bond donors (Lipinski definition) is 2. The van der Waals surface area contributed by atoms with Crippen LogP contribution >= 0.6 is 0 Å². The van der Waals surface area contributed by atoms with Gasteiger partial charge in [-0.15, -0.1) is 0 Å². The van der Waals surface area contributed by atoms with E-state index in [0.29, 0.717) is 6.07 Å². The molecule has 0 bridgehead atoms. The van der Waals surface area contributed by atoms with Gasteiger partial charge in [0.1, 0.15) is 5.75 Å². The lowest BCUT2D eigenvalue weighted by molar-refractivity contribution is -0.138. The number of nitrogens with two attached hydrogens (primary N) is 1.